The number of thiophene rings is 1. The van der Waals surface area contributed by atoms with Crippen LogP contribution in [0.4, 0.5) is 4.39 Å². The standard InChI is InChI=1S/C18H19FN2O2S3/c1-23-8-7-21-17(22)15-14(12-3-5-13(19)6-4-12)11-26-16(15)20-18(21)25-10-9-24-2/h3-6,11H,7-10H2,1-2H3. The monoisotopic (exact) mass is 410 g/mol. The number of nitrogens with zero attached hydrogens (tertiary/aromatic N) is 2. The maximum absolute atomic E-state index is 13.2. The van der Waals surface area contributed by atoms with Crippen LogP contribution in [0, 0.1) is 5.82 Å². The summed E-state index contributed by atoms with van der Waals surface area (Å²) in [6.07, 6.45) is 2.06. The van der Waals surface area contributed by atoms with E-state index < -0.39 is 0 Å². The van der Waals surface area contributed by atoms with Gasteiger partial charge in [0, 0.05) is 29.6 Å². The molecule has 3 aromatic rings. The second kappa shape index (κ2) is 9.03. The van der Waals surface area contributed by atoms with Crippen LogP contribution in [0.1, 0.15) is 0 Å². The minimum atomic E-state index is -0.295. The fourth-order valence-electron chi connectivity index (χ4n) is 2.55. The summed E-state index contributed by atoms with van der Waals surface area (Å²) in [4.78, 5) is 18.6. The number of rotatable bonds is 8. The van der Waals surface area contributed by atoms with Crippen molar-refractivity contribution in [1.82, 2.24) is 9.55 Å². The lowest BCUT2D eigenvalue weighted by molar-refractivity contribution is 0.183. The highest BCUT2D eigenvalue weighted by atomic mass is 32.2. The van der Waals surface area contributed by atoms with Crippen molar-refractivity contribution in [3.63, 3.8) is 0 Å². The van der Waals surface area contributed by atoms with Gasteiger partial charge in [0.25, 0.3) is 5.56 Å². The van der Waals surface area contributed by atoms with E-state index in [1.807, 2.05) is 5.38 Å². The average Bonchev–Trinajstić information content (AvgIpc) is 3.06. The van der Waals surface area contributed by atoms with Crippen molar-refractivity contribution >= 4 is 45.1 Å². The Kier molecular flexibility index (Phi) is 6.74. The van der Waals surface area contributed by atoms with E-state index in [4.69, 9.17) is 9.72 Å². The summed E-state index contributed by atoms with van der Waals surface area (Å²) in [7, 11) is 1.62. The van der Waals surface area contributed by atoms with Crippen molar-refractivity contribution in [2.45, 2.75) is 11.7 Å². The minimum Gasteiger partial charge on any atom is -0.383 e. The first-order valence-corrected chi connectivity index (χ1v) is 11.3. The fourth-order valence-corrected chi connectivity index (χ4v) is 5.22. The number of methoxy groups -OCH3 is 1. The SMILES string of the molecule is COCCn1c(SCCSC)nc2scc(-c3ccc(F)cc3)c2c1=O. The third-order valence-electron chi connectivity index (χ3n) is 3.85. The number of aromatic nitrogens is 2. The Balaban J connectivity index is 2.10. The molecule has 0 aliphatic rings. The first-order valence-electron chi connectivity index (χ1n) is 8.04. The molecule has 0 bridgehead atoms. The third-order valence-corrected chi connectivity index (χ3v) is 6.57. The number of ether oxygens (including phenoxy) is 1. The lowest BCUT2D eigenvalue weighted by Crippen LogP contribution is -2.25. The molecule has 3 rings (SSSR count). The highest BCUT2D eigenvalue weighted by Gasteiger charge is 2.17. The molecule has 2 aromatic heterocycles. The van der Waals surface area contributed by atoms with Crippen LogP contribution in [0.25, 0.3) is 21.3 Å². The third kappa shape index (κ3) is 4.14. The Morgan fingerprint density at radius 2 is 2.04 bits per heavy atom. The summed E-state index contributed by atoms with van der Waals surface area (Å²) >= 11 is 4.80. The zero-order valence-electron chi connectivity index (χ0n) is 14.5. The second-order valence-electron chi connectivity index (χ2n) is 5.52. The van der Waals surface area contributed by atoms with Gasteiger partial charge in [0.1, 0.15) is 10.6 Å². The molecule has 138 valence electrons. The first-order chi connectivity index (χ1) is 12.7. The smallest absolute Gasteiger partial charge is 0.263 e. The molecule has 0 saturated carbocycles. The van der Waals surface area contributed by atoms with E-state index in [1.54, 1.807) is 47.3 Å². The largest absolute Gasteiger partial charge is 0.383 e. The van der Waals surface area contributed by atoms with Crippen molar-refractivity contribution in [1.29, 1.82) is 0 Å². The fraction of sp³-hybridized carbons (Fsp3) is 0.333. The van der Waals surface area contributed by atoms with Gasteiger partial charge in [-0.05, 0) is 24.0 Å². The summed E-state index contributed by atoms with van der Waals surface area (Å²) < 4.78 is 20.1. The predicted octanol–water partition coefficient (Wildman–Crippen LogP) is 4.37. The van der Waals surface area contributed by atoms with Crippen molar-refractivity contribution in [3.05, 3.63) is 45.8 Å². The number of hydrogen-bond acceptors (Lipinski definition) is 6. The van der Waals surface area contributed by atoms with Crippen LogP contribution in [0.2, 0.25) is 0 Å². The molecule has 0 spiro atoms. The molecule has 0 unspecified atom stereocenters. The lowest BCUT2D eigenvalue weighted by atomic mass is 10.1. The van der Waals surface area contributed by atoms with E-state index in [0.29, 0.717) is 18.5 Å². The Bertz CT molecular complexity index is 938. The molecular formula is C18H19FN2O2S3. The molecule has 0 amide bonds. The van der Waals surface area contributed by atoms with Crippen LogP contribution in [0.15, 0.2) is 39.6 Å². The van der Waals surface area contributed by atoms with E-state index in [2.05, 4.69) is 6.26 Å². The average molecular weight is 411 g/mol. The Morgan fingerprint density at radius 1 is 1.27 bits per heavy atom. The van der Waals surface area contributed by atoms with Crippen LogP contribution >= 0.6 is 34.9 Å². The second-order valence-corrected chi connectivity index (χ2v) is 8.43. The number of benzene rings is 1. The van der Waals surface area contributed by atoms with E-state index >= 15 is 0 Å². The van der Waals surface area contributed by atoms with Crippen LogP contribution < -0.4 is 5.56 Å². The van der Waals surface area contributed by atoms with E-state index in [9.17, 15) is 9.18 Å². The van der Waals surface area contributed by atoms with Crippen LogP contribution in [0.3, 0.4) is 0 Å². The van der Waals surface area contributed by atoms with Gasteiger partial charge in [-0.25, -0.2) is 9.37 Å². The van der Waals surface area contributed by atoms with Gasteiger partial charge in [-0.3, -0.25) is 9.36 Å². The minimum absolute atomic E-state index is 0.0701. The normalized spacial score (nSPS) is 11.3. The van der Waals surface area contributed by atoms with Gasteiger partial charge < -0.3 is 4.74 Å². The maximum atomic E-state index is 13.2. The molecule has 0 aliphatic heterocycles. The molecule has 0 aliphatic carbocycles. The van der Waals surface area contributed by atoms with Gasteiger partial charge in [0.15, 0.2) is 5.16 Å². The number of hydrogen-bond donors (Lipinski definition) is 0. The first kappa shape index (κ1) is 19.4. The van der Waals surface area contributed by atoms with Gasteiger partial charge in [0.2, 0.25) is 0 Å². The van der Waals surface area contributed by atoms with E-state index in [-0.39, 0.29) is 11.4 Å². The molecule has 26 heavy (non-hydrogen) atoms. The van der Waals surface area contributed by atoms with Crippen LogP contribution in [0.5, 0.6) is 0 Å². The topological polar surface area (TPSA) is 44.1 Å². The highest BCUT2D eigenvalue weighted by molar-refractivity contribution is 8.02. The van der Waals surface area contributed by atoms with Gasteiger partial charge >= 0.3 is 0 Å². The van der Waals surface area contributed by atoms with Gasteiger partial charge in [-0.1, -0.05) is 23.9 Å². The van der Waals surface area contributed by atoms with Gasteiger partial charge in [-0.2, -0.15) is 11.8 Å². The molecule has 0 fully saturated rings. The van der Waals surface area contributed by atoms with E-state index in [1.165, 1.54) is 23.5 Å². The van der Waals surface area contributed by atoms with Crippen molar-refractivity contribution < 1.29 is 9.13 Å². The van der Waals surface area contributed by atoms with Crippen molar-refractivity contribution in [3.8, 4) is 11.1 Å². The molecule has 0 radical (unpaired) electrons. The molecule has 0 N–H and O–H groups in total. The molecule has 0 atom stereocenters. The number of thioether (sulfide) groups is 2. The molecule has 8 heteroatoms. The summed E-state index contributed by atoms with van der Waals surface area (Å²) in [6, 6.07) is 6.19. The zero-order chi connectivity index (χ0) is 18.5. The summed E-state index contributed by atoms with van der Waals surface area (Å²) in [5.74, 6) is 1.59. The summed E-state index contributed by atoms with van der Waals surface area (Å²) in [5, 5.41) is 3.23. The number of halogens is 1. The summed E-state index contributed by atoms with van der Waals surface area (Å²) in [5.41, 5.74) is 1.55. The Labute approximate surface area is 163 Å². The molecule has 0 saturated heterocycles. The zero-order valence-corrected chi connectivity index (χ0v) is 17.0. The van der Waals surface area contributed by atoms with Crippen LogP contribution in [-0.2, 0) is 11.3 Å². The number of fused-ring (bicyclic) bond motifs is 1. The van der Waals surface area contributed by atoms with Gasteiger partial charge in [-0.15, -0.1) is 11.3 Å². The van der Waals surface area contributed by atoms with E-state index in [0.717, 1.165) is 32.6 Å². The highest BCUT2D eigenvalue weighted by Crippen LogP contribution is 2.32. The van der Waals surface area contributed by atoms with Gasteiger partial charge in [0.05, 0.1) is 18.5 Å². The maximum Gasteiger partial charge on any atom is 0.263 e. The summed E-state index contributed by atoms with van der Waals surface area (Å²) in [6.45, 7) is 0.901. The molecule has 1 aromatic carbocycles. The van der Waals surface area contributed by atoms with Crippen LogP contribution in [-0.4, -0.2) is 41.0 Å². The quantitative estimate of drug-likeness (QED) is 0.314. The molecule has 4 nitrogen and oxygen atoms in total. The Morgan fingerprint density at radius 3 is 2.73 bits per heavy atom. The Hall–Kier alpha value is -1.35. The molecule has 2 heterocycles. The van der Waals surface area contributed by atoms with Crippen molar-refractivity contribution in [2.24, 2.45) is 0 Å². The predicted molar refractivity (Wildman–Crippen MR) is 110 cm³/mol. The van der Waals surface area contributed by atoms with Crippen molar-refractivity contribution in [2.75, 3.05) is 31.5 Å². The lowest BCUT2D eigenvalue weighted by Gasteiger charge is -2.12. The molecular weight excluding hydrogens is 391 g/mol.